The molecule has 1 aliphatic rings. The molecule has 0 aliphatic carbocycles. The summed E-state index contributed by atoms with van der Waals surface area (Å²) in [6.07, 6.45) is 1.01. The lowest BCUT2D eigenvalue weighted by molar-refractivity contribution is -0.120. The molecule has 1 saturated heterocycles. The molecule has 0 atom stereocenters. The fourth-order valence-corrected chi connectivity index (χ4v) is 3.67. The average Bonchev–Trinajstić information content (AvgIpc) is 2.55. The maximum absolute atomic E-state index is 12.2. The highest BCUT2D eigenvalue weighted by molar-refractivity contribution is 7.89. The van der Waals surface area contributed by atoms with Crippen LogP contribution in [0.15, 0.2) is 24.3 Å². The number of rotatable bonds is 5. The monoisotopic (exact) mass is 339 g/mol. The van der Waals surface area contributed by atoms with Crippen molar-refractivity contribution < 1.29 is 18.0 Å². The summed E-state index contributed by atoms with van der Waals surface area (Å²) in [6.45, 7) is 2.35. The number of hydrogen-bond acceptors (Lipinski definition) is 4. The Kier molecular flexibility index (Phi) is 5.38. The van der Waals surface area contributed by atoms with Crippen molar-refractivity contribution in [3.05, 3.63) is 29.8 Å². The number of amides is 2. The van der Waals surface area contributed by atoms with Gasteiger partial charge in [-0.2, -0.15) is 0 Å². The van der Waals surface area contributed by atoms with Crippen molar-refractivity contribution in [3.8, 4) is 0 Å². The van der Waals surface area contributed by atoms with Crippen LogP contribution in [0.25, 0.3) is 0 Å². The van der Waals surface area contributed by atoms with Crippen molar-refractivity contribution in [1.29, 1.82) is 0 Å². The minimum Gasteiger partial charge on any atom is -0.366 e. The Labute approximate surface area is 135 Å². The molecule has 3 N–H and O–H groups in total. The maximum Gasteiger partial charge on any atom is 0.248 e. The Bertz CT molecular complexity index is 677. The highest BCUT2D eigenvalue weighted by Gasteiger charge is 2.30. The van der Waals surface area contributed by atoms with Gasteiger partial charge in [0.05, 0.1) is 5.75 Å². The van der Waals surface area contributed by atoms with Crippen LogP contribution in [-0.4, -0.2) is 43.4 Å². The van der Waals surface area contributed by atoms with E-state index in [4.69, 9.17) is 5.73 Å². The highest BCUT2D eigenvalue weighted by atomic mass is 32.2. The van der Waals surface area contributed by atoms with Crippen LogP contribution >= 0.6 is 0 Å². The zero-order valence-electron chi connectivity index (χ0n) is 13.0. The second-order valence-corrected chi connectivity index (χ2v) is 7.76. The minimum atomic E-state index is -3.18. The average molecular weight is 339 g/mol. The summed E-state index contributed by atoms with van der Waals surface area (Å²) in [5, 5.41) is 2.79. The van der Waals surface area contributed by atoms with Gasteiger partial charge in [0, 0.05) is 30.3 Å². The van der Waals surface area contributed by atoms with Crippen molar-refractivity contribution in [1.82, 2.24) is 4.31 Å². The summed E-state index contributed by atoms with van der Waals surface area (Å²) in [6, 6.07) is 6.34. The maximum atomic E-state index is 12.2. The zero-order valence-corrected chi connectivity index (χ0v) is 13.8. The molecule has 0 spiro atoms. The van der Waals surface area contributed by atoms with Crippen LogP contribution in [0.3, 0.4) is 0 Å². The molecule has 1 heterocycles. The normalized spacial score (nSPS) is 16.9. The second-order valence-electron chi connectivity index (χ2n) is 5.50. The molecule has 2 rings (SSSR count). The van der Waals surface area contributed by atoms with Gasteiger partial charge in [-0.25, -0.2) is 12.7 Å². The van der Waals surface area contributed by atoms with Crippen molar-refractivity contribution in [2.24, 2.45) is 11.7 Å². The Balaban J connectivity index is 1.91. The van der Waals surface area contributed by atoms with Gasteiger partial charge in [0.25, 0.3) is 0 Å². The first kappa shape index (κ1) is 17.4. The number of primary amides is 1. The summed E-state index contributed by atoms with van der Waals surface area (Å²) in [5.74, 6) is -0.789. The summed E-state index contributed by atoms with van der Waals surface area (Å²) in [7, 11) is -3.18. The molecule has 0 saturated carbocycles. The van der Waals surface area contributed by atoms with Gasteiger partial charge in [0.1, 0.15) is 0 Å². The molecule has 1 fully saturated rings. The number of carbonyl (C=O) groups is 2. The Morgan fingerprint density at radius 3 is 2.26 bits per heavy atom. The molecule has 0 bridgehead atoms. The van der Waals surface area contributed by atoms with Gasteiger partial charge >= 0.3 is 0 Å². The van der Waals surface area contributed by atoms with Gasteiger partial charge in [-0.05, 0) is 44.0 Å². The third-order valence-electron chi connectivity index (χ3n) is 4.02. The molecule has 126 valence electrons. The number of carbonyl (C=O) groups excluding carboxylic acids is 2. The lowest BCUT2D eigenvalue weighted by Crippen LogP contribution is -2.42. The fraction of sp³-hybridized carbons (Fsp3) is 0.467. The molecule has 1 aromatic carbocycles. The summed E-state index contributed by atoms with van der Waals surface area (Å²) in [5.41, 5.74) is 6.12. The van der Waals surface area contributed by atoms with Gasteiger partial charge in [0.2, 0.25) is 21.8 Å². The van der Waals surface area contributed by atoms with E-state index >= 15 is 0 Å². The number of nitrogens with two attached hydrogens (primary N) is 1. The van der Waals surface area contributed by atoms with E-state index in [1.165, 1.54) is 4.31 Å². The highest BCUT2D eigenvalue weighted by Crippen LogP contribution is 2.21. The fourth-order valence-electron chi connectivity index (χ4n) is 2.54. The molecular weight excluding hydrogens is 318 g/mol. The molecule has 0 aromatic heterocycles. The van der Waals surface area contributed by atoms with Crippen LogP contribution in [0.2, 0.25) is 0 Å². The van der Waals surface area contributed by atoms with Gasteiger partial charge in [0.15, 0.2) is 0 Å². The van der Waals surface area contributed by atoms with Gasteiger partial charge in [-0.3, -0.25) is 9.59 Å². The Morgan fingerprint density at radius 1 is 1.22 bits per heavy atom. The lowest BCUT2D eigenvalue weighted by atomic mass is 9.97. The number of sulfonamides is 1. The largest absolute Gasteiger partial charge is 0.366 e. The van der Waals surface area contributed by atoms with Crippen LogP contribution in [0.5, 0.6) is 0 Å². The number of hydrogen-bond donors (Lipinski definition) is 2. The first-order valence-corrected chi connectivity index (χ1v) is 9.13. The van der Waals surface area contributed by atoms with Crippen LogP contribution < -0.4 is 11.1 Å². The predicted molar refractivity (Wildman–Crippen MR) is 87.3 cm³/mol. The van der Waals surface area contributed by atoms with Crippen molar-refractivity contribution in [3.63, 3.8) is 0 Å². The predicted octanol–water partition coefficient (Wildman–Crippen LogP) is 0.786. The molecular formula is C15H21N3O4S. The minimum absolute atomic E-state index is 0.0794. The number of nitrogens with one attached hydrogen (secondary N) is 1. The van der Waals surface area contributed by atoms with Crippen molar-refractivity contribution in [2.75, 3.05) is 24.2 Å². The van der Waals surface area contributed by atoms with E-state index in [2.05, 4.69) is 5.32 Å². The lowest BCUT2D eigenvalue weighted by Gasteiger charge is -2.30. The summed E-state index contributed by atoms with van der Waals surface area (Å²) < 4.78 is 25.0. The Morgan fingerprint density at radius 2 is 1.78 bits per heavy atom. The molecule has 0 unspecified atom stereocenters. The summed E-state index contributed by atoms with van der Waals surface area (Å²) >= 11 is 0. The van der Waals surface area contributed by atoms with E-state index < -0.39 is 15.9 Å². The molecule has 23 heavy (non-hydrogen) atoms. The van der Waals surface area contributed by atoms with E-state index in [0.717, 1.165) is 0 Å². The van der Waals surface area contributed by atoms with Crippen LogP contribution in [0, 0.1) is 5.92 Å². The van der Waals surface area contributed by atoms with E-state index in [-0.39, 0.29) is 17.6 Å². The molecule has 1 aromatic rings. The third kappa shape index (κ3) is 4.29. The van der Waals surface area contributed by atoms with Crippen molar-refractivity contribution >= 4 is 27.5 Å². The molecule has 1 aliphatic heterocycles. The van der Waals surface area contributed by atoms with E-state index in [1.807, 2.05) is 0 Å². The first-order valence-electron chi connectivity index (χ1n) is 7.52. The topological polar surface area (TPSA) is 110 Å². The molecule has 2 amide bonds. The number of piperidine rings is 1. The molecule has 0 radical (unpaired) electrons. The van der Waals surface area contributed by atoms with Crippen LogP contribution in [-0.2, 0) is 14.8 Å². The zero-order chi connectivity index (χ0) is 17.0. The number of anilines is 1. The SMILES string of the molecule is CCS(=O)(=O)N1CCC(C(=O)Nc2ccc(C(N)=O)cc2)CC1. The van der Waals surface area contributed by atoms with Gasteiger partial charge < -0.3 is 11.1 Å². The molecule has 7 nitrogen and oxygen atoms in total. The Hall–Kier alpha value is -1.93. The summed E-state index contributed by atoms with van der Waals surface area (Å²) in [4.78, 5) is 23.2. The van der Waals surface area contributed by atoms with Gasteiger partial charge in [-0.1, -0.05) is 0 Å². The van der Waals surface area contributed by atoms with Crippen molar-refractivity contribution in [2.45, 2.75) is 19.8 Å². The van der Waals surface area contributed by atoms with Crippen LogP contribution in [0.4, 0.5) is 5.69 Å². The van der Waals surface area contributed by atoms with E-state index in [9.17, 15) is 18.0 Å². The van der Waals surface area contributed by atoms with Crippen LogP contribution in [0.1, 0.15) is 30.1 Å². The number of nitrogens with zero attached hydrogens (tertiary/aromatic N) is 1. The van der Waals surface area contributed by atoms with Gasteiger partial charge in [-0.15, -0.1) is 0 Å². The quantitative estimate of drug-likeness (QED) is 0.826. The number of benzene rings is 1. The van der Waals surface area contributed by atoms with E-state index in [1.54, 1.807) is 31.2 Å². The first-order chi connectivity index (χ1) is 10.8. The standard InChI is InChI=1S/C15H21N3O4S/c1-2-23(21,22)18-9-7-12(8-10-18)15(20)17-13-5-3-11(4-6-13)14(16)19/h3-6,12H,2,7-10H2,1H3,(H2,16,19)(H,17,20). The smallest absolute Gasteiger partial charge is 0.248 e. The molecule has 8 heteroatoms. The third-order valence-corrected chi connectivity index (χ3v) is 5.90. The second kappa shape index (κ2) is 7.10. The van der Waals surface area contributed by atoms with E-state index in [0.29, 0.717) is 37.2 Å².